The number of rotatable bonds is 4. The van der Waals surface area contributed by atoms with E-state index in [0.29, 0.717) is 24.5 Å². The van der Waals surface area contributed by atoms with Gasteiger partial charge in [-0.15, -0.1) is 0 Å². The minimum Gasteiger partial charge on any atom is -0.469 e. The van der Waals surface area contributed by atoms with Crippen LogP contribution in [0.3, 0.4) is 0 Å². The summed E-state index contributed by atoms with van der Waals surface area (Å²) in [5.74, 6) is 0.639. The molecule has 1 atom stereocenters. The monoisotopic (exact) mass is 342 g/mol. The maximum Gasteiger partial charge on any atom is 0.230 e. The van der Waals surface area contributed by atoms with Crippen LogP contribution in [0.25, 0.3) is 0 Å². The molecule has 0 saturated carbocycles. The molecule has 0 spiro atoms. The third-order valence-electron chi connectivity index (χ3n) is 4.55. The molecular weight excluding hydrogens is 324 g/mol. The zero-order valence-corrected chi connectivity index (χ0v) is 14.1. The number of benzene rings is 1. The molecule has 124 valence electrons. The van der Waals surface area contributed by atoms with E-state index in [1.54, 1.807) is 18.4 Å². The van der Waals surface area contributed by atoms with Crippen molar-refractivity contribution >= 4 is 17.5 Å². The third-order valence-corrected chi connectivity index (χ3v) is 4.80. The summed E-state index contributed by atoms with van der Waals surface area (Å²) in [4.78, 5) is 14.9. The second kappa shape index (κ2) is 7.55. The standard InChI is InChI=1S/C19H19ClN2O2/c20-16-5-3-15(4-6-16)18(12-17-2-1-11-24-17)19(23)22-9-7-14(13-21)8-10-22/h1-6,11,14,18H,7-10,12H2. The van der Waals surface area contributed by atoms with Gasteiger partial charge in [0, 0.05) is 30.5 Å². The first-order chi connectivity index (χ1) is 11.7. The first kappa shape index (κ1) is 16.6. The van der Waals surface area contributed by atoms with Crippen molar-refractivity contribution in [1.82, 2.24) is 4.90 Å². The Hall–Kier alpha value is -2.25. The van der Waals surface area contributed by atoms with E-state index in [-0.39, 0.29) is 17.7 Å². The molecule has 5 heteroatoms. The van der Waals surface area contributed by atoms with Gasteiger partial charge in [0.1, 0.15) is 5.76 Å². The molecule has 0 bridgehead atoms. The average Bonchev–Trinajstić information content (AvgIpc) is 3.13. The van der Waals surface area contributed by atoms with E-state index in [9.17, 15) is 4.79 Å². The van der Waals surface area contributed by atoms with Crippen LogP contribution in [0.15, 0.2) is 47.1 Å². The van der Waals surface area contributed by atoms with Crippen molar-refractivity contribution in [2.24, 2.45) is 5.92 Å². The van der Waals surface area contributed by atoms with Crippen LogP contribution in [-0.4, -0.2) is 23.9 Å². The Morgan fingerprint density at radius 2 is 2.00 bits per heavy atom. The van der Waals surface area contributed by atoms with E-state index < -0.39 is 0 Å². The zero-order valence-electron chi connectivity index (χ0n) is 13.3. The van der Waals surface area contributed by atoms with Crippen molar-refractivity contribution in [1.29, 1.82) is 5.26 Å². The van der Waals surface area contributed by atoms with E-state index >= 15 is 0 Å². The molecule has 1 aliphatic heterocycles. The van der Waals surface area contributed by atoms with Gasteiger partial charge in [0.2, 0.25) is 5.91 Å². The van der Waals surface area contributed by atoms with Crippen molar-refractivity contribution in [2.45, 2.75) is 25.2 Å². The molecule has 24 heavy (non-hydrogen) atoms. The number of carbonyl (C=O) groups is 1. The third kappa shape index (κ3) is 3.80. The van der Waals surface area contributed by atoms with Gasteiger partial charge in [0.05, 0.1) is 18.3 Å². The molecule has 2 aromatic rings. The van der Waals surface area contributed by atoms with Crippen LogP contribution in [0.1, 0.15) is 30.1 Å². The summed E-state index contributed by atoms with van der Waals surface area (Å²) in [6.07, 6.45) is 3.63. The fourth-order valence-electron chi connectivity index (χ4n) is 3.12. The number of nitrogens with zero attached hydrogens (tertiary/aromatic N) is 2. The minimum atomic E-state index is -0.299. The molecule has 1 saturated heterocycles. The second-order valence-corrected chi connectivity index (χ2v) is 6.55. The molecule has 1 unspecified atom stereocenters. The number of halogens is 1. The quantitative estimate of drug-likeness (QED) is 0.843. The van der Waals surface area contributed by atoms with Gasteiger partial charge in [-0.1, -0.05) is 23.7 Å². The zero-order chi connectivity index (χ0) is 16.9. The molecule has 1 aliphatic rings. The smallest absolute Gasteiger partial charge is 0.230 e. The van der Waals surface area contributed by atoms with Crippen LogP contribution in [0.2, 0.25) is 5.02 Å². The largest absolute Gasteiger partial charge is 0.469 e. The molecule has 2 heterocycles. The van der Waals surface area contributed by atoms with Gasteiger partial charge in [-0.3, -0.25) is 4.79 Å². The van der Waals surface area contributed by atoms with Gasteiger partial charge in [0.15, 0.2) is 0 Å². The molecular formula is C19H19ClN2O2. The van der Waals surface area contributed by atoms with Crippen LogP contribution >= 0.6 is 11.6 Å². The molecule has 0 aliphatic carbocycles. The number of carbonyl (C=O) groups excluding carboxylic acids is 1. The number of hydrogen-bond acceptors (Lipinski definition) is 3. The summed E-state index contributed by atoms with van der Waals surface area (Å²) in [6, 6.07) is 13.4. The number of piperidine rings is 1. The Labute approximate surface area is 146 Å². The Kier molecular flexibility index (Phi) is 5.22. The van der Waals surface area contributed by atoms with Crippen LogP contribution in [0, 0.1) is 17.2 Å². The molecule has 0 N–H and O–H groups in total. The number of likely N-dealkylation sites (tertiary alicyclic amines) is 1. The molecule has 0 radical (unpaired) electrons. The lowest BCUT2D eigenvalue weighted by molar-refractivity contribution is -0.134. The number of amides is 1. The number of hydrogen-bond donors (Lipinski definition) is 0. The summed E-state index contributed by atoms with van der Waals surface area (Å²) in [5.41, 5.74) is 0.934. The summed E-state index contributed by atoms with van der Waals surface area (Å²) >= 11 is 5.97. The van der Waals surface area contributed by atoms with Crippen LogP contribution < -0.4 is 0 Å². The second-order valence-electron chi connectivity index (χ2n) is 6.12. The lowest BCUT2D eigenvalue weighted by Gasteiger charge is -2.32. The fourth-order valence-corrected chi connectivity index (χ4v) is 3.25. The first-order valence-electron chi connectivity index (χ1n) is 8.13. The predicted octanol–water partition coefficient (Wildman–Crippen LogP) is 4.02. The van der Waals surface area contributed by atoms with Gasteiger partial charge in [0.25, 0.3) is 0 Å². The van der Waals surface area contributed by atoms with Crippen molar-refractivity contribution in [3.63, 3.8) is 0 Å². The highest BCUT2D eigenvalue weighted by atomic mass is 35.5. The summed E-state index contributed by atoms with van der Waals surface area (Å²) in [6.45, 7) is 1.28. The highest BCUT2D eigenvalue weighted by Crippen LogP contribution is 2.27. The van der Waals surface area contributed by atoms with E-state index in [1.165, 1.54) is 0 Å². The highest BCUT2D eigenvalue weighted by molar-refractivity contribution is 6.30. The summed E-state index contributed by atoms with van der Waals surface area (Å²) < 4.78 is 5.44. The van der Waals surface area contributed by atoms with Gasteiger partial charge >= 0.3 is 0 Å². The summed E-state index contributed by atoms with van der Waals surface area (Å²) in [5, 5.41) is 9.67. The Morgan fingerprint density at radius 3 is 2.58 bits per heavy atom. The normalized spacial score (nSPS) is 16.6. The number of nitriles is 1. The predicted molar refractivity (Wildman–Crippen MR) is 91.5 cm³/mol. The van der Waals surface area contributed by atoms with Gasteiger partial charge in [-0.2, -0.15) is 5.26 Å². The van der Waals surface area contributed by atoms with Gasteiger partial charge in [-0.05, 0) is 42.7 Å². The molecule has 1 fully saturated rings. The Morgan fingerprint density at radius 1 is 1.29 bits per heavy atom. The van der Waals surface area contributed by atoms with Crippen LogP contribution in [0.5, 0.6) is 0 Å². The lowest BCUT2D eigenvalue weighted by atomic mass is 9.91. The van der Waals surface area contributed by atoms with Crippen molar-refractivity contribution in [3.05, 3.63) is 59.0 Å². The maximum atomic E-state index is 13.1. The fraction of sp³-hybridized carbons (Fsp3) is 0.368. The average molecular weight is 343 g/mol. The Bertz CT molecular complexity index is 711. The van der Waals surface area contributed by atoms with E-state index in [4.69, 9.17) is 21.3 Å². The molecule has 3 rings (SSSR count). The molecule has 1 aromatic carbocycles. The minimum absolute atomic E-state index is 0.0631. The first-order valence-corrected chi connectivity index (χ1v) is 8.51. The SMILES string of the molecule is N#CC1CCN(C(=O)C(Cc2ccco2)c2ccc(Cl)cc2)CC1. The van der Waals surface area contributed by atoms with Gasteiger partial charge < -0.3 is 9.32 Å². The van der Waals surface area contributed by atoms with E-state index in [1.807, 2.05) is 29.2 Å². The Balaban J connectivity index is 1.80. The lowest BCUT2D eigenvalue weighted by Crippen LogP contribution is -2.41. The maximum absolute atomic E-state index is 13.1. The van der Waals surface area contributed by atoms with Crippen LogP contribution in [-0.2, 0) is 11.2 Å². The van der Waals surface area contributed by atoms with Crippen molar-refractivity contribution in [3.8, 4) is 6.07 Å². The van der Waals surface area contributed by atoms with E-state index in [0.717, 1.165) is 24.2 Å². The van der Waals surface area contributed by atoms with Crippen LogP contribution in [0.4, 0.5) is 0 Å². The number of furan rings is 1. The van der Waals surface area contributed by atoms with Crippen molar-refractivity contribution in [2.75, 3.05) is 13.1 Å². The highest BCUT2D eigenvalue weighted by Gasteiger charge is 2.30. The summed E-state index contributed by atoms with van der Waals surface area (Å²) in [7, 11) is 0. The molecule has 1 amide bonds. The van der Waals surface area contributed by atoms with E-state index in [2.05, 4.69) is 6.07 Å². The molecule has 1 aromatic heterocycles. The molecule has 4 nitrogen and oxygen atoms in total. The van der Waals surface area contributed by atoms with Crippen molar-refractivity contribution < 1.29 is 9.21 Å². The topological polar surface area (TPSA) is 57.2 Å². The van der Waals surface area contributed by atoms with Gasteiger partial charge in [-0.25, -0.2) is 0 Å².